The number of aryl methyl sites for hydroxylation is 1. The fourth-order valence-corrected chi connectivity index (χ4v) is 4.59. The molecule has 3 aromatic rings. The molecule has 2 aliphatic rings. The Morgan fingerprint density at radius 1 is 0.921 bits per heavy atom. The van der Waals surface area contributed by atoms with Crippen LogP contribution in [-0.2, 0) is 4.79 Å². The van der Waals surface area contributed by atoms with Crippen LogP contribution < -0.4 is 16.2 Å². The number of hydrazine groups is 1. The van der Waals surface area contributed by atoms with Crippen LogP contribution in [0.15, 0.2) is 99.8 Å². The highest BCUT2D eigenvalue weighted by atomic mass is 32.2. The van der Waals surface area contributed by atoms with Crippen molar-refractivity contribution in [2.24, 2.45) is 10.2 Å². The second-order valence-corrected chi connectivity index (χ2v) is 9.15. The van der Waals surface area contributed by atoms with Crippen molar-refractivity contribution in [2.45, 2.75) is 13.1 Å². The summed E-state index contributed by atoms with van der Waals surface area (Å²) in [6, 6.07) is 18.7. The van der Waals surface area contributed by atoms with E-state index in [4.69, 9.17) is 0 Å². The average Bonchev–Trinajstić information content (AvgIpc) is 3.21. The van der Waals surface area contributed by atoms with Gasteiger partial charge >= 0.3 is 12.2 Å². The van der Waals surface area contributed by atoms with Crippen molar-refractivity contribution in [3.05, 3.63) is 101 Å². The smallest absolute Gasteiger partial charge is 0.307 e. The lowest BCUT2D eigenvalue weighted by Gasteiger charge is -2.25. The molecule has 2 aliphatic heterocycles. The maximum atomic E-state index is 14.3. The SMILES string of the molecule is Cc1ccc(NC(=O)NNC(=O)C2=CSC3=NN=C(c4ccc5ccccc5c4)C=C(C(F)(F)F)N23)cc1. The molecule has 5 rings (SSSR count). The normalized spacial score (nSPS) is 15.0. The number of alkyl halides is 3. The molecule has 0 saturated heterocycles. The Bertz CT molecular complexity index is 1560. The van der Waals surface area contributed by atoms with Gasteiger partial charge in [0.1, 0.15) is 11.4 Å². The molecular formula is C26H19F3N6O2S. The standard InChI is InChI=1S/C26H19F3N6O2S/c1-15-6-10-19(11-7-15)30-24(37)33-32-23(36)21-14-38-25-34-31-20(13-22(35(21)25)26(27,28)29)18-9-8-16-4-2-3-5-17(16)12-18/h2-14H,1H3,(H,32,36)(H2,30,33,37). The Hall–Kier alpha value is -4.58. The molecule has 0 aliphatic carbocycles. The van der Waals surface area contributed by atoms with Crippen molar-refractivity contribution in [3.63, 3.8) is 0 Å². The number of thioether (sulfide) groups is 1. The van der Waals surface area contributed by atoms with Crippen LogP contribution in [0.4, 0.5) is 23.7 Å². The second kappa shape index (κ2) is 10.1. The summed E-state index contributed by atoms with van der Waals surface area (Å²) in [7, 11) is 0. The van der Waals surface area contributed by atoms with Gasteiger partial charge in [0.25, 0.3) is 5.91 Å². The number of nitrogens with zero attached hydrogens (tertiary/aromatic N) is 3. The van der Waals surface area contributed by atoms with Gasteiger partial charge in [-0.25, -0.2) is 10.2 Å². The van der Waals surface area contributed by atoms with Crippen LogP contribution in [-0.4, -0.2) is 33.9 Å². The van der Waals surface area contributed by atoms with Gasteiger partial charge in [0.05, 0.1) is 5.71 Å². The summed E-state index contributed by atoms with van der Waals surface area (Å²) in [4.78, 5) is 25.7. The maximum Gasteiger partial charge on any atom is 0.431 e. The van der Waals surface area contributed by atoms with Gasteiger partial charge in [-0.1, -0.05) is 65.9 Å². The predicted octanol–water partition coefficient (Wildman–Crippen LogP) is 5.41. The topological polar surface area (TPSA) is 98.2 Å². The third kappa shape index (κ3) is 5.25. The van der Waals surface area contributed by atoms with Gasteiger partial charge in [0, 0.05) is 16.7 Å². The lowest BCUT2D eigenvalue weighted by Crippen LogP contribution is -2.47. The van der Waals surface area contributed by atoms with Crippen LogP contribution >= 0.6 is 11.8 Å². The fraction of sp³-hybridized carbons (Fsp3) is 0.0769. The van der Waals surface area contributed by atoms with Gasteiger partial charge in [-0.05, 0) is 42.0 Å². The highest BCUT2D eigenvalue weighted by Crippen LogP contribution is 2.39. The molecule has 0 aromatic heterocycles. The van der Waals surface area contributed by atoms with Crippen LogP contribution in [0.5, 0.6) is 0 Å². The number of carbonyl (C=O) groups excluding carboxylic acids is 2. The van der Waals surface area contributed by atoms with E-state index in [0.29, 0.717) is 16.2 Å². The first kappa shape index (κ1) is 25.1. The summed E-state index contributed by atoms with van der Waals surface area (Å²) in [5.41, 5.74) is 4.65. The number of anilines is 1. The summed E-state index contributed by atoms with van der Waals surface area (Å²) in [5, 5.41) is 13.4. The van der Waals surface area contributed by atoms with Crippen LogP contribution in [0.25, 0.3) is 10.8 Å². The number of hydrogen-bond donors (Lipinski definition) is 3. The Balaban J connectivity index is 1.36. The summed E-state index contributed by atoms with van der Waals surface area (Å²) >= 11 is 0.811. The third-order valence-electron chi connectivity index (χ3n) is 5.63. The van der Waals surface area contributed by atoms with Gasteiger partial charge < -0.3 is 5.32 Å². The largest absolute Gasteiger partial charge is 0.431 e. The van der Waals surface area contributed by atoms with Gasteiger partial charge in [0.15, 0.2) is 5.17 Å². The fourth-order valence-electron chi connectivity index (χ4n) is 3.77. The predicted molar refractivity (Wildman–Crippen MR) is 141 cm³/mol. The Labute approximate surface area is 219 Å². The summed E-state index contributed by atoms with van der Waals surface area (Å²) in [5.74, 6) is -0.967. The van der Waals surface area contributed by atoms with Gasteiger partial charge in [-0.15, -0.1) is 10.2 Å². The van der Waals surface area contributed by atoms with Crippen molar-refractivity contribution in [1.82, 2.24) is 15.8 Å². The van der Waals surface area contributed by atoms with E-state index in [1.54, 1.807) is 42.5 Å². The quantitative estimate of drug-likeness (QED) is 0.390. The Morgan fingerprint density at radius 3 is 2.39 bits per heavy atom. The molecule has 3 aromatic carbocycles. The first-order valence-corrected chi connectivity index (χ1v) is 12.1. The lowest BCUT2D eigenvalue weighted by atomic mass is 10.0. The first-order valence-electron chi connectivity index (χ1n) is 11.2. The number of benzene rings is 3. The van der Waals surface area contributed by atoms with Gasteiger partial charge in [0.2, 0.25) is 0 Å². The number of carbonyl (C=O) groups is 2. The monoisotopic (exact) mass is 536 g/mol. The molecule has 0 bridgehead atoms. The molecule has 0 atom stereocenters. The molecule has 8 nitrogen and oxygen atoms in total. The molecule has 2 heterocycles. The number of halogens is 3. The average molecular weight is 537 g/mol. The number of urea groups is 1. The number of amidine groups is 1. The van der Waals surface area contributed by atoms with E-state index in [2.05, 4.69) is 26.4 Å². The molecule has 0 saturated carbocycles. The van der Waals surface area contributed by atoms with Crippen molar-refractivity contribution in [2.75, 3.05) is 5.32 Å². The molecule has 12 heteroatoms. The first-order chi connectivity index (χ1) is 18.2. The molecule has 3 amide bonds. The molecule has 0 unspecified atom stereocenters. The minimum atomic E-state index is -4.84. The maximum absolute atomic E-state index is 14.3. The minimum Gasteiger partial charge on any atom is -0.307 e. The second-order valence-electron chi connectivity index (χ2n) is 8.31. The number of fused-ring (bicyclic) bond motifs is 2. The summed E-state index contributed by atoms with van der Waals surface area (Å²) in [6.07, 6.45) is -3.99. The summed E-state index contributed by atoms with van der Waals surface area (Å²) in [6.45, 7) is 1.89. The van der Waals surface area contributed by atoms with Crippen LogP contribution in [0.3, 0.4) is 0 Å². The Morgan fingerprint density at radius 2 is 1.66 bits per heavy atom. The highest BCUT2D eigenvalue weighted by Gasteiger charge is 2.45. The van der Waals surface area contributed by atoms with Crippen molar-refractivity contribution in [3.8, 4) is 0 Å². The molecular weight excluding hydrogens is 517 g/mol. The van der Waals surface area contributed by atoms with E-state index < -0.39 is 23.8 Å². The van der Waals surface area contributed by atoms with E-state index in [9.17, 15) is 22.8 Å². The van der Waals surface area contributed by atoms with E-state index in [0.717, 1.165) is 34.2 Å². The number of rotatable bonds is 3. The van der Waals surface area contributed by atoms with E-state index >= 15 is 0 Å². The van der Waals surface area contributed by atoms with Crippen molar-refractivity contribution >= 4 is 51.0 Å². The Kier molecular flexibility index (Phi) is 6.64. The van der Waals surface area contributed by atoms with E-state index in [1.165, 1.54) is 5.41 Å². The molecule has 192 valence electrons. The zero-order valence-electron chi connectivity index (χ0n) is 19.7. The van der Waals surface area contributed by atoms with Gasteiger partial charge in [-0.2, -0.15) is 13.2 Å². The zero-order chi connectivity index (χ0) is 26.9. The molecule has 38 heavy (non-hydrogen) atoms. The molecule has 0 radical (unpaired) electrons. The molecule has 0 spiro atoms. The van der Waals surface area contributed by atoms with Crippen molar-refractivity contribution < 1.29 is 22.8 Å². The van der Waals surface area contributed by atoms with Crippen molar-refractivity contribution in [1.29, 1.82) is 0 Å². The number of amides is 3. The minimum absolute atomic E-state index is 0.0130. The van der Waals surface area contributed by atoms with E-state index in [1.807, 2.05) is 31.2 Å². The van der Waals surface area contributed by atoms with Crippen LogP contribution in [0.1, 0.15) is 11.1 Å². The van der Waals surface area contributed by atoms with Crippen LogP contribution in [0.2, 0.25) is 0 Å². The third-order valence-corrected chi connectivity index (χ3v) is 6.45. The number of hydrogen-bond acceptors (Lipinski definition) is 6. The lowest BCUT2D eigenvalue weighted by molar-refractivity contribution is -0.120. The highest BCUT2D eigenvalue weighted by molar-refractivity contribution is 8.16. The van der Waals surface area contributed by atoms with Crippen LogP contribution in [0, 0.1) is 6.92 Å². The molecule has 3 N–H and O–H groups in total. The van der Waals surface area contributed by atoms with Gasteiger partial charge in [-0.3, -0.25) is 15.1 Å². The number of nitrogens with one attached hydrogen (secondary N) is 3. The van der Waals surface area contributed by atoms with E-state index in [-0.39, 0.29) is 16.6 Å². The summed E-state index contributed by atoms with van der Waals surface area (Å²) < 4.78 is 42.8. The zero-order valence-corrected chi connectivity index (χ0v) is 20.5. The number of allylic oxidation sites excluding steroid dienone is 2. The molecule has 0 fully saturated rings.